The summed E-state index contributed by atoms with van der Waals surface area (Å²) in [7, 11) is 0. The normalized spacial score (nSPS) is 27.6. The van der Waals surface area contributed by atoms with Crippen molar-refractivity contribution in [1.29, 1.82) is 0 Å². The van der Waals surface area contributed by atoms with Crippen LogP contribution >= 0.6 is 0 Å². The van der Waals surface area contributed by atoms with Crippen molar-refractivity contribution in [2.75, 3.05) is 6.61 Å². The Morgan fingerprint density at radius 1 is 0.968 bits per heavy atom. The van der Waals surface area contributed by atoms with Gasteiger partial charge in [0.1, 0.15) is 0 Å². The van der Waals surface area contributed by atoms with Crippen molar-refractivity contribution in [2.45, 2.75) is 63.5 Å². The van der Waals surface area contributed by atoms with E-state index in [0.29, 0.717) is 0 Å². The summed E-state index contributed by atoms with van der Waals surface area (Å²) in [5, 5.41) is 2.81. The minimum atomic E-state index is -1.09. The van der Waals surface area contributed by atoms with Crippen molar-refractivity contribution in [1.82, 2.24) is 5.32 Å². The fourth-order valence-corrected chi connectivity index (χ4v) is 6.00. The molecule has 2 rings (SSSR count). The molecule has 0 aromatic heterocycles. The molecular formula is C21H27NO8Se. The second kappa shape index (κ2) is 10.7. The van der Waals surface area contributed by atoms with Crippen molar-refractivity contribution in [3.05, 3.63) is 30.3 Å². The summed E-state index contributed by atoms with van der Waals surface area (Å²) in [4.78, 5) is 47.2. The number of benzene rings is 1. The molecule has 1 amide bonds. The Balaban J connectivity index is 2.52. The Kier molecular flexibility index (Phi) is 8.61. The van der Waals surface area contributed by atoms with Crippen LogP contribution in [0.1, 0.15) is 34.6 Å². The van der Waals surface area contributed by atoms with Crippen LogP contribution in [0.15, 0.2) is 30.3 Å². The molecule has 10 heteroatoms. The molecule has 1 aromatic carbocycles. The molecule has 170 valence electrons. The molecule has 1 aliphatic heterocycles. The van der Waals surface area contributed by atoms with Crippen molar-refractivity contribution in [2.24, 2.45) is 0 Å². The van der Waals surface area contributed by atoms with Crippen LogP contribution < -0.4 is 9.78 Å². The van der Waals surface area contributed by atoms with E-state index >= 15 is 0 Å². The summed E-state index contributed by atoms with van der Waals surface area (Å²) in [6.07, 6.45) is -3.04. The maximum atomic E-state index is 12.0. The van der Waals surface area contributed by atoms with Crippen LogP contribution in [0, 0.1) is 0 Å². The number of hydrogen-bond acceptors (Lipinski definition) is 8. The van der Waals surface area contributed by atoms with E-state index in [0.717, 1.165) is 4.46 Å². The third-order valence-corrected chi connectivity index (χ3v) is 7.10. The van der Waals surface area contributed by atoms with Crippen molar-refractivity contribution in [3.8, 4) is 0 Å². The van der Waals surface area contributed by atoms with Gasteiger partial charge < -0.3 is 0 Å². The molecule has 1 saturated heterocycles. The molecule has 1 aliphatic rings. The molecule has 1 N–H and O–H groups in total. The van der Waals surface area contributed by atoms with Crippen molar-refractivity contribution in [3.63, 3.8) is 0 Å². The average molecular weight is 500 g/mol. The van der Waals surface area contributed by atoms with Crippen LogP contribution in [0.3, 0.4) is 0 Å². The van der Waals surface area contributed by atoms with Gasteiger partial charge in [-0.2, -0.15) is 0 Å². The zero-order valence-electron chi connectivity index (χ0n) is 18.1. The van der Waals surface area contributed by atoms with Crippen LogP contribution in [-0.2, 0) is 38.1 Å². The van der Waals surface area contributed by atoms with Gasteiger partial charge in [-0.3, -0.25) is 0 Å². The third kappa shape index (κ3) is 7.05. The predicted molar refractivity (Wildman–Crippen MR) is 110 cm³/mol. The van der Waals surface area contributed by atoms with Crippen LogP contribution in [0.2, 0.25) is 0 Å². The van der Waals surface area contributed by atoms with Crippen LogP contribution in [0.5, 0.6) is 0 Å². The molecule has 0 spiro atoms. The number of esters is 3. The van der Waals surface area contributed by atoms with Gasteiger partial charge in [-0.05, 0) is 0 Å². The quantitative estimate of drug-likeness (QED) is 0.318. The first-order valence-electron chi connectivity index (χ1n) is 9.68. The summed E-state index contributed by atoms with van der Waals surface area (Å²) in [6.45, 7) is 6.61. The van der Waals surface area contributed by atoms with Gasteiger partial charge in [0.15, 0.2) is 0 Å². The molecule has 5 unspecified atom stereocenters. The third-order valence-electron chi connectivity index (χ3n) is 4.45. The van der Waals surface area contributed by atoms with E-state index in [-0.39, 0.29) is 27.5 Å². The second-order valence-electron chi connectivity index (χ2n) is 7.22. The summed E-state index contributed by atoms with van der Waals surface area (Å²) in [5.74, 6) is -2.13. The fourth-order valence-electron chi connectivity index (χ4n) is 3.37. The SMILES string of the molecule is CC(=O)NC1C(OC(C)=O)C(OC(C)=O)C(COC(C)=O)OC1(C)[Se]c1ccccc1. The fraction of sp³-hybridized carbons (Fsp3) is 0.524. The summed E-state index contributed by atoms with van der Waals surface area (Å²) >= 11 is -0.366. The Labute approximate surface area is 187 Å². The van der Waals surface area contributed by atoms with Gasteiger partial charge in [0.25, 0.3) is 0 Å². The first-order valence-corrected chi connectivity index (χ1v) is 11.4. The average Bonchev–Trinajstić information content (AvgIpc) is 2.65. The Hall–Kier alpha value is -2.42. The van der Waals surface area contributed by atoms with E-state index in [4.69, 9.17) is 18.9 Å². The number of hydrogen-bond donors (Lipinski definition) is 1. The van der Waals surface area contributed by atoms with Crippen LogP contribution in [-0.4, -0.2) is 74.2 Å². The van der Waals surface area contributed by atoms with Crippen molar-refractivity contribution < 1.29 is 38.1 Å². The van der Waals surface area contributed by atoms with E-state index in [1.165, 1.54) is 27.7 Å². The maximum absolute atomic E-state index is 12.0. The van der Waals surface area contributed by atoms with Crippen LogP contribution in [0.4, 0.5) is 0 Å². The van der Waals surface area contributed by atoms with Gasteiger partial charge >= 0.3 is 187 Å². The van der Waals surface area contributed by atoms with Gasteiger partial charge in [0.2, 0.25) is 0 Å². The Bertz CT molecular complexity index is 817. The molecular weight excluding hydrogens is 473 g/mol. The second-order valence-corrected chi connectivity index (χ2v) is 10.3. The summed E-state index contributed by atoms with van der Waals surface area (Å²) in [6, 6.07) is 8.71. The molecule has 0 saturated carbocycles. The standard InChI is InChI=1S/C21H27NO8Se/c1-12(23)22-20-19(29-15(4)26)18(28-14(3)25)17(11-27-13(2)24)30-21(20,5)31-16-9-7-6-8-10-16/h6-10,17-20H,11H2,1-5H3,(H,22,23). The van der Waals surface area contributed by atoms with Crippen molar-refractivity contribution >= 4 is 43.2 Å². The number of ether oxygens (including phenoxy) is 4. The first kappa shape index (κ1) is 24.8. The Morgan fingerprint density at radius 3 is 2.06 bits per heavy atom. The van der Waals surface area contributed by atoms with Gasteiger partial charge in [0, 0.05) is 0 Å². The molecule has 1 aromatic rings. The number of carbonyl (C=O) groups is 4. The monoisotopic (exact) mass is 501 g/mol. The molecule has 0 radical (unpaired) electrons. The van der Waals surface area contributed by atoms with E-state index in [2.05, 4.69) is 5.32 Å². The van der Waals surface area contributed by atoms with Crippen LogP contribution in [0.25, 0.3) is 0 Å². The molecule has 0 bridgehead atoms. The van der Waals surface area contributed by atoms with Gasteiger partial charge in [0.05, 0.1) is 0 Å². The minimum absolute atomic E-state index is 0.210. The summed E-state index contributed by atoms with van der Waals surface area (Å²) in [5.41, 5.74) is 0. The Morgan fingerprint density at radius 2 is 1.55 bits per heavy atom. The van der Waals surface area contributed by atoms with Gasteiger partial charge in [-0.15, -0.1) is 0 Å². The zero-order chi connectivity index (χ0) is 23.2. The van der Waals surface area contributed by atoms with E-state index in [1.54, 1.807) is 6.92 Å². The van der Waals surface area contributed by atoms with Gasteiger partial charge in [-0.25, -0.2) is 0 Å². The van der Waals surface area contributed by atoms with E-state index in [9.17, 15) is 19.2 Å². The predicted octanol–water partition coefficient (Wildman–Crippen LogP) is 0.0623. The first-order chi connectivity index (χ1) is 14.5. The van der Waals surface area contributed by atoms with E-state index in [1.807, 2.05) is 30.3 Å². The topological polar surface area (TPSA) is 117 Å². The molecule has 9 nitrogen and oxygen atoms in total. The zero-order valence-corrected chi connectivity index (χ0v) is 19.8. The number of nitrogens with one attached hydrogen (secondary N) is 1. The summed E-state index contributed by atoms with van der Waals surface area (Å²) < 4.78 is 22.4. The molecule has 1 fully saturated rings. The molecule has 1 heterocycles. The number of carbonyl (C=O) groups excluding carboxylic acids is 4. The molecule has 31 heavy (non-hydrogen) atoms. The van der Waals surface area contributed by atoms with E-state index < -0.39 is 46.8 Å². The number of amides is 1. The number of rotatable bonds is 7. The molecule has 5 atom stereocenters. The molecule has 0 aliphatic carbocycles. The van der Waals surface area contributed by atoms with Gasteiger partial charge in [-0.1, -0.05) is 0 Å².